The molecule has 4 heterocycles. The molecular weight excluding hydrogens is 814 g/mol. The summed E-state index contributed by atoms with van der Waals surface area (Å²) in [6.45, 7) is 5.51. The first-order valence-electron chi connectivity index (χ1n) is 21.6. The number of pyridine rings is 1. The Hall–Kier alpha value is -5.47. The molecule has 13 nitrogen and oxygen atoms in total. The number of ether oxygens (including phenoxy) is 2. The molecule has 0 spiro atoms. The van der Waals surface area contributed by atoms with Gasteiger partial charge in [-0.25, -0.2) is 9.78 Å². The molecule has 63 heavy (non-hydrogen) atoms. The van der Waals surface area contributed by atoms with E-state index in [0.29, 0.717) is 41.8 Å². The number of aliphatic hydroxyl groups is 1. The van der Waals surface area contributed by atoms with E-state index in [0.717, 1.165) is 88.2 Å². The molecule has 2 amide bonds. The number of nitrogens with zero attached hydrogens (tertiary/aromatic N) is 3. The molecule has 336 valence electrons. The van der Waals surface area contributed by atoms with Crippen molar-refractivity contribution in [2.24, 2.45) is 5.41 Å². The number of nitrogens with one attached hydrogen (secondary N) is 5. The molecule has 3 aliphatic heterocycles. The monoisotopic (exact) mass is 870 g/mol. The van der Waals surface area contributed by atoms with E-state index in [2.05, 4.69) is 42.3 Å². The highest BCUT2D eigenvalue weighted by molar-refractivity contribution is 6.08. The smallest absolute Gasteiger partial charge is 0.407 e. The second-order valence-electron chi connectivity index (χ2n) is 17.5. The summed E-state index contributed by atoms with van der Waals surface area (Å²) < 4.78 is 52.7. The van der Waals surface area contributed by atoms with Crippen molar-refractivity contribution in [3.05, 3.63) is 101 Å². The van der Waals surface area contributed by atoms with Crippen LogP contribution < -0.4 is 26.2 Å². The Balaban J connectivity index is 0.999. The predicted molar refractivity (Wildman–Crippen MR) is 234 cm³/mol. The van der Waals surface area contributed by atoms with Crippen LogP contribution in [0.15, 0.2) is 73.1 Å². The highest BCUT2D eigenvalue weighted by Crippen LogP contribution is 2.41. The summed E-state index contributed by atoms with van der Waals surface area (Å²) in [6, 6.07) is 17.7. The lowest BCUT2D eigenvalue weighted by atomic mass is 9.82. The number of rotatable bonds is 17. The molecule has 2 bridgehead atoms. The molecule has 3 aromatic rings. The Labute approximate surface area is 366 Å². The van der Waals surface area contributed by atoms with Crippen LogP contribution >= 0.6 is 0 Å². The lowest BCUT2D eigenvalue weighted by Gasteiger charge is -2.47. The topological polar surface area (TPSA) is 164 Å². The number of hydrogen-bond donors (Lipinski definition) is 6. The Morgan fingerprint density at radius 1 is 0.937 bits per heavy atom. The van der Waals surface area contributed by atoms with E-state index in [9.17, 15) is 27.9 Å². The molecule has 5 atom stereocenters. The number of amides is 2. The molecule has 3 saturated heterocycles. The molecule has 0 radical (unpaired) electrons. The number of alkyl carbamates (subject to hydrolysis) is 1. The number of piperazine rings is 1. The van der Waals surface area contributed by atoms with Crippen LogP contribution in [0.2, 0.25) is 0 Å². The number of carbonyl (C=O) groups is 2. The van der Waals surface area contributed by atoms with Crippen LogP contribution in [-0.2, 0) is 27.2 Å². The minimum Gasteiger partial charge on any atom is -0.453 e. The predicted octanol–water partition coefficient (Wildman–Crippen LogP) is 4.77. The maximum atomic E-state index is 14.2. The quantitative estimate of drug-likeness (QED) is 0.0824. The third kappa shape index (κ3) is 11.4. The van der Waals surface area contributed by atoms with Crippen LogP contribution in [-0.4, -0.2) is 122 Å². The van der Waals surface area contributed by atoms with Gasteiger partial charge < -0.3 is 46.2 Å². The van der Waals surface area contributed by atoms with E-state index in [1.54, 1.807) is 30.5 Å². The van der Waals surface area contributed by atoms with Crippen LogP contribution in [0.1, 0.15) is 67.3 Å². The van der Waals surface area contributed by atoms with E-state index < -0.39 is 41.8 Å². The summed E-state index contributed by atoms with van der Waals surface area (Å²) in [4.78, 5) is 35.6. The maximum absolute atomic E-state index is 14.2. The third-order valence-corrected chi connectivity index (χ3v) is 12.5. The molecule has 2 unspecified atom stereocenters. The van der Waals surface area contributed by atoms with Gasteiger partial charge >= 0.3 is 12.3 Å². The first-order chi connectivity index (χ1) is 30.2. The minimum atomic E-state index is -4.88. The fraction of sp³-hybridized carbons (Fsp3) is 0.489. The van der Waals surface area contributed by atoms with E-state index in [1.165, 1.54) is 19.1 Å². The van der Waals surface area contributed by atoms with Gasteiger partial charge in [-0.05, 0) is 86.9 Å². The average molecular weight is 871 g/mol. The number of aromatic nitrogens is 1. The Kier molecular flexibility index (Phi) is 14.4. The number of fused-ring (bicyclic) bond motifs is 2. The zero-order valence-electron chi connectivity index (χ0n) is 35.9. The third-order valence-electron chi connectivity index (χ3n) is 12.5. The molecule has 6 N–H and O–H groups in total. The SMILES string of the molecule is COC(=O)N[C@H](C(=O)N[C@@H](Cc1ccc(C#Cc2ccc(N3CC4CCC(C3)N4C3COC3)nc2)cc1)[C@@H](O)CNCc1ccc(/C(C=N)=C/NC2CC2)cc1)C(C)(C)C(F)(F)F. The number of alkyl halides is 3. The molecular formula is C47H57F3N8O5. The fourth-order valence-corrected chi connectivity index (χ4v) is 8.33. The minimum absolute atomic E-state index is 0.0228. The van der Waals surface area contributed by atoms with Crippen molar-refractivity contribution < 1.29 is 37.3 Å². The second-order valence-corrected chi connectivity index (χ2v) is 17.5. The summed E-state index contributed by atoms with van der Waals surface area (Å²) in [7, 11) is 0.992. The van der Waals surface area contributed by atoms with Gasteiger partial charge in [0.2, 0.25) is 5.91 Å². The Morgan fingerprint density at radius 3 is 2.16 bits per heavy atom. The number of carbonyl (C=O) groups excluding carboxylic acids is 2. The number of anilines is 1. The molecule has 4 aliphatic rings. The molecule has 1 saturated carbocycles. The number of allylic oxidation sites excluding steroid dienone is 1. The van der Waals surface area contributed by atoms with Gasteiger partial charge in [-0.15, -0.1) is 0 Å². The zero-order chi connectivity index (χ0) is 44.7. The van der Waals surface area contributed by atoms with Crippen molar-refractivity contribution in [1.82, 2.24) is 31.2 Å². The van der Waals surface area contributed by atoms with E-state index in [-0.39, 0.29) is 13.0 Å². The van der Waals surface area contributed by atoms with Gasteiger partial charge in [0.15, 0.2) is 0 Å². The van der Waals surface area contributed by atoms with Gasteiger partial charge in [-0.3, -0.25) is 9.69 Å². The largest absolute Gasteiger partial charge is 0.453 e. The number of benzene rings is 2. The molecule has 16 heteroatoms. The van der Waals surface area contributed by atoms with Crippen LogP contribution in [0.3, 0.4) is 0 Å². The number of hydrogen-bond acceptors (Lipinski definition) is 11. The maximum Gasteiger partial charge on any atom is 0.407 e. The van der Waals surface area contributed by atoms with E-state index >= 15 is 0 Å². The number of aliphatic hydroxyl groups excluding tert-OH is 1. The van der Waals surface area contributed by atoms with Crippen molar-refractivity contribution in [3.63, 3.8) is 0 Å². The van der Waals surface area contributed by atoms with Crippen molar-refractivity contribution in [2.75, 3.05) is 44.9 Å². The summed E-state index contributed by atoms with van der Waals surface area (Å²) >= 11 is 0. The molecule has 4 fully saturated rings. The van der Waals surface area contributed by atoms with Crippen LogP contribution in [0, 0.1) is 22.7 Å². The highest BCUT2D eigenvalue weighted by atomic mass is 19.4. The Bertz CT molecular complexity index is 2130. The van der Waals surface area contributed by atoms with Gasteiger partial charge in [0.25, 0.3) is 0 Å². The molecule has 7 rings (SSSR count). The number of methoxy groups -OCH3 is 1. The summed E-state index contributed by atoms with van der Waals surface area (Å²) in [6.07, 6.45) is 2.27. The summed E-state index contributed by atoms with van der Waals surface area (Å²) in [5.41, 5.74) is 1.97. The standard InChI is InChI=1S/C47H57F3N8O5/c1-46(2,47(48,49)50)43(56-45(61)62-3)44(60)55-40(41(59)25-52-22-32-10-13-34(14-11-32)35(21-51)24-53-36-15-16-36)20-31-7-4-30(5-8-31)6-9-33-12-19-42(54-23-33)57-26-37-17-18-38(27-57)58(37)39-28-63-29-39/h4-5,7-8,10-14,19,21,23-24,36-41,43,51-53,59H,15-18,20,22,25-29H2,1-3H3,(H,55,60)(H,56,61)/b35-24+,51-21?/t37?,38?,40-,41-,43+/m0/s1. The number of halogens is 3. The lowest BCUT2D eigenvalue weighted by Crippen LogP contribution is -2.62. The first kappa shape index (κ1) is 45.6. The van der Waals surface area contributed by atoms with E-state index in [1.807, 2.05) is 47.9 Å². The normalized spacial score (nSPS) is 20.7. The Morgan fingerprint density at radius 2 is 1.59 bits per heavy atom. The molecule has 1 aromatic heterocycles. The molecule has 1 aliphatic carbocycles. The van der Waals surface area contributed by atoms with Gasteiger partial charge in [0, 0.05) is 79.6 Å². The van der Waals surface area contributed by atoms with Crippen molar-refractivity contribution in [2.45, 2.75) is 101 Å². The van der Waals surface area contributed by atoms with Crippen molar-refractivity contribution >= 4 is 29.6 Å². The van der Waals surface area contributed by atoms with Gasteiger partial charge in [-0.2, -0.15) is 13.2 Å². The highest BCUT2D eigenvalue weighted by Gasteiger charge is 2.56. The molecule has 2 aromatic carbocycles. The second kappa shape index (κ2) is 19.9. The van der Waals surface area contributed by atoms with Gasteiger partial charge in [-0.1, -0.05) is 48.2 Å². The zero-order valence-corrected chi connectivity index (χ0v) is 35.9. The van der Waals surface area contributed by atoms with Crippen molar-refractivity contribution in [3.8, 4) is 11.8 Å². The first-order valence-corrected chi connectivity index (χ1v) is 21.6. The summed E-state index contributed by atoms with van der Waals surface area (Å²) in [5, 5.41) is 30.4. The fourth-order valence-electron chi connectivity index (χ4n) is 8.33. The average Bonchev–Trinajstić information content (AvgIpc) is 4.05. The summed E-state index contributed by atoms with van der Waals surface area (Å²) in [5.74, 6) is 6.14. The van der Waals surface area contributed by atoms with Gasteiger partial charge in [0.1, 0.15) is 11.9 Å². The van der Waals surface area contributed by atoms with Gasteiger partial charge in [0.05, 0.1) is 43.9 Å². The van der Waals surface area contributed by atoms with Crippen LogP contribution in [0.4, 0.5) is 23.8 Å². The lowest BCUT2D eigenvalue weighted by molar-refractivity contribution is -0.220. The van der Waals surface area contributed by atoms with Crippen molar-refractivity contribution in [1.29, 1.82) is 5.41 Å². The van der Waals surface area contributed by atoms with Crippen LogP contribution in [0.25, 0.3) is 5.57 Å². The van der Waals surface area contributed by atoms with E-state index in [4.69, 9.17) is 15.1 Å². The van der Waals surface area contributed by atoms with Crippen LogP contribution in [0.5, 0.6) is 0 Å².